The van der Waals surface area contributed by atoms with Gasteiger partial charge in [-0.3, -0.25) is 0 Å². The van der Waals surface area contributed by atoms with Gasteiger partial charge in [0.1, 0.15) is 5.75 Å². The molecule has 0 N–H and O–H groups in total. The molecule has 7 heteroatoms. The van der Waals surface area contributed by atoms with Crippen molar-refractivity contribution < 1.29 is 4.74 Å². The molecule has 2 aromatic rings. The molecule has 0 saturated carbocycles. The smallest absolute Gasteiger partial charge is 0.133 e. The number of benzene rings is 2. The fourth-order valence-corrected chi connectivity index (χ4v) is 3.93. The minimum absolute atomic E-state index is 0.604. The van der Waals surface area contributed by atoms with Crippen molar-refractivity contribution in [2.24, 2.45) is 5.11 Å². The van der Waals surface area contributed by atoms with Crippen LogP contribution in [-0.2, 0) is 6.42 Å². The summed E-state index contributed by atoms with van der Waals surface area (Å²) < 4.78 is 7.80. The molecule has 0 radical (unpaired) electrons. The van der Waals surface area contributed by atoms with E-state index in [0.29, 0.717) is 12.1 Å². The van der Waals surface area contributed by atoms with E-state index in [1.807, 2.05) is 30.3 Å². The van der Waals surface area contributed by atoms with Crippen LogP contribution in [-0.4, -0.2) is 7.11 Å². The first-order chi connectivity index (χ1) is 10.0. The number of hydrogen-bond donors (Lipinski definition) is 0. The van der Waals surface area contributed by atoms with E-state index >= 15 is 0 Å². The summed E-state index contributed by atoms with van der Waals surface area (Å²) in [6, 6.07) is 9.69. The molecule has 0 saturated heterocycles. The molecule has 0 heterocycles. The van der Waals surface area contributed by atoms with Gasteiger partial charge >= 0.3 is 0 Å². The van der Waals surface area contributed by atoms with E-state index < -0.39 is 0 Å². The van der Waals surface area contributed by atoms with Gasteiger partial charge in [0.25, 0.3) is 0 Å². The highest BCUT2D eigenvalue weighted by molar-refractivity contribution is 9.11. The average Bonchev–Trinajstić information content (AvgIpc) is 2.43. The fraction of sp³-hybridized carbons (Fsp3) is 0.143. The predicted molar refractivity (Wildman–Crippen MR) is 94.1 cm³/mol. The van der Waals surface area contributed by atoms with Gasteiger partial charge < -0.3 is 4.74 Å². The molecule has 21 heavy (non-hydrogen) atoms. The van der Waals surface area contributed by atoms with Crippen LogP contribution in [0.15, 0.2) is 48.9 Å². The lowest BCUT2D eigenvalue weighted by Crippen LogP contribution is -1.92. The van der Waals surface area contributed by atoms with Crippen LogP contribution in [0.2, 0.25) is 0 Å². The predicted octanol–water partition coefficient (Wildman–Crippen LogP) is 6.52. The highest BCUT2D eigenvalue weighted by Gasteiger charge is 2.09. The summed E-state index contributed by atoms with van der Waals surface area (Å²) in [5.74, 6) is 0.782. The SMILES string of the molecule is COc1ccc(Cc2cc(Br)cc(Br)c2N=[N+]=[N-])cc1Br. The molecule has 0 aliphatic heterocycles. The molecule has 0 fully saturated rings. The van der Waals surface area contributed by atoms with E-state index in [4.69, 9.17) is 10.3 Å². The number of halogens is 3. The van der Waals surface area contributed by atoms with Gasteiger partial charge in [-0.25, -0.2) is 0 Å². The number of methoxy groups -OCH3 is 1. The van der Waals surface area contributed by atoms with Crippen molar-refractivity contribution in [3.05, 3.63) is 65.3 Å². The van der Waals surface area contributed by atoms with Crippen molar-refractivity contribution in [2.45, 2.75) is 6.42 Å². The van der Waals surface area contributed by atoms with E-state index in [9.17, 15) is 0 Å². The lowest BCUT2D eigenvalue weighted by molar-refractivity contribution is 0.412. The molecule has 0 spiro atoms. The van der Waals surface area contributed by atoms with Crippen LogP contribution < -0.4 is 4.74 Å². The maximum absolute atomic E-state index is 8.72. The molecule has 0 bridgehead atoms. The Kier molecular flexibility index (Phi) is 5.70. The van der Waals surface area contributed by atoms with E-state index in [1.54, 1.807) is 7.11 Å². The van der Waals surface area contributed by atoms with Crippen LogP contribution >= 0.6 is 47.8 Å². The molecule has 0 aliphatic rings. The third kappa shape index (κ3) is 4.01. The standard InChI is InChI=1S/C14H10Br3N3O/c1-21-13-3-2-8(5-11(13)16)4-9-6-10(15)7-12(17)14(9)19-20-18/h2-3,5-7H,4H2,1H3. The molecule has 2 aromatic carbocycles. The Morgan fingerprint density at radius 1 is 1.14 bits per heavy atom. The van der Waals surface area contributed by atoms with E-state index in [0.717, 1.165) is 30.3 Å². The van der Waals surface area contributed by atoms with Crippen LogP contribution in [0.4, 0.5) is 5.69 Å². The highest BCUT2D eigenvalue weighted by Crippen LogP contribution is 2.35. The topological polar surface area (TPSA) is 58.0 Å². The van der Waals surface area contributed by atoms with Crippen LogP contribution in [0.1, 0.15) is 11.1 Å². The average molecular weight is 476 g/mol. The first-order valence-corrected chi connectivity index (χ1v) is 8.28. The van der Waals surface area contributed by atoms with Crippen LogP contribution in [0.25, 0.3) is 10.4 Å². The van der Waals surface area contributed by atoms with Gasteiger partial charge in [0.15, 0.2) is 0 Å². The maximum Gasteiger partial charge on any atom is 0.133 e. The van der Waals surface area contributed by atoms with Crippen LogP contribution in [0, 0.1) is 0 Å². The Morgan fingerprint density at radius 2 is 1.90 bits per heavy atom. The molecule has 4 nitrogen and oxygen atoms in total. The summed E-state index contributed by atoms with van der Waals surface area (Å²) in [5.41, 5.74) is 11.3. The highest BCUT2D eigenvalue weighted by atomic mass is 79.9. The molecular weight excluding hydrogens is 466 g/mol. The maximum atomic E-state index is 8.72. The molecule has 0 unspecified atom stereocenters. The fourth-order valence-electron chi connectivity index (χ4n) is 1.95. The molecule has 0 amide bonds. The van der Waals surface area contributed by atoms with Crippen molar-refractivity contribution in [1.29, 1.82) is 0 Å². The van der Waals surface area contributed by atoms with Gasteiger partial charge in [0.05, 0.1) is 17.3 Å². The zero-order chi connectivity index (χ0) is 15.4. The molecule has 0 atom stereocenters. The summed E-state index contributed by atoms with van der Waals surface area (Å²) >= 11 is 10.4. The van der Waals surface area contributed by atoms with E-state index in [-0.39, 0.29) is 0 Å². The van der Waals surface area contributed by atoms with E-state index in [2.05, 4.69) is 57.8 Å². The van der Waals surface area contributed by atoms with Gasteiger partial charge in [0.2, 0.25) is 0 Å². The number of nitrogens with zero attached hydrogens (tertiary/aromatic N) is 3. The van der Waals surface area contributed by atoms with Gasteiger partial charge in [-0.15, -0.1) is 0 Å². The molecule has 2 rings (SSSR count). The molecular formula is C14H10Br3N3O. The number of hydrogen-bond acceptors (Lipinski definition) is 2. The Morgan fingerprint density at radius 3 is 2.52 bits per heavy atom. The Balaban J connectivity index is 2.43. The minimum Gasteiger partial charge on any atom is -0.496 e. The number of ether oxygens (including phenoxy) is 1. The second-order valence-electron chi connectivity index (χ2n) is 4.23. The molecule has 0 aliphatic carbocycles. The zero-order valence-corrected chi connectivity index (χ0v) is 15.7. The first-order valence-electron chi connectivity index (χ1n) is 5.90. The van der Waals surface area contributed by atoms with Crippen molar-refractivity contribution >= 4 is 53.5 Å². The van der Waals surface area contributed by atoms with Gasteiger partial charge in [0, 0.05) is 13.9 Å². The first kappa shape index (κ1) is 16.4. The lowest BCUT2D eigenvalue weighted by atomic mass is 10.0. The Hall–Kier alpha value is -1.01. The number of rotatable bonds is 4. The summed E-state index contributed by atoms with van der Waals surface area (Å²) in [5, 5.41) is 3.78. The van der Waals surface area contributed by atoms with Crippen LogP contribution in [0.5, 0.6) is 5.75 Å². The van der Waals surface area contributed by atoms with Gasteiger partial charge in [-0.1, -0.05) is 43.0 Å². The van der Waals surface area contributed by atoms with Gasteiger partial charge in [-0.2, -0.15) is 0 Å². The summed E-state index contributed by atoms with van der Waals surface area (Å²) in [4.78, 5) is 2.89. The summed E-state index contributed by atoms with van der Waals surface area (Å²) in [7, 11) is 1.63. The normalized spacial score (nSPS) is 10.1. The van der Waals surface area contributed by atoms with Crippen molar-refractivity contribution in [1.82, 2.24) is 0 Å². The van der Waals surface area contributed by atoms with Gasteiger partial charge in [-0.05, 0) is 63.3 Å². The van der Waals surface area contributed by atoms with Crippen molar-refractivity contribution in [3.8, 4) is 5.75 Å². The van der Waals surface area contributed by atoms with Crippen LogP contribution in [0.3, 0.4) is 0 Å². The lowest BCUT2D eigenvalue weighted by Gasteiger charge is -2.10. The molecule has 0 aromatic heterocycles. The quantitative estimate of drug-likeness (QED) is 0.282. The Bertz CT molecular complexity index is 728. The third-order valence-electron chi connectivity index (χ3n) is 2.86. The largest absolute Gasteiger partial charge is 0.496 e. The minimum atomic E-state index is 0.604. The molecule has 108 valence electrons. The number of azide groups is 1. The van der Waals surface area contributed by atoms with Crippen molar-refractivity contribution in [2.75, 3.05) is 7.11 Å². The zero-order valence-electron chi connectivity index (χ0n) is 11.0. The van der Waals surface area contributed by atoms with E-state index in [1.165, 1.54) is 0 Å². The van der Waals surface area contributed by atoms with Crippen molar-refractivity contribution in [3.63, 3.8) is 0 Å². The third-order valence-corrected chi connectivity index (χ3v) is 4.54. The second kappa shape index (κ2) is 7.31. The summed E-state index contributed by atoms with van der Waals surface area (Å²) in [6.07, 6.45) is 0.648. The second-order valence-corrected chi connectivity index (χ2v) is 6.85. The monoisotopic (exact) mass is 473 g/mol. The Labute approximate surface area is 147 Å². The summed E-state index contributed by atoms with van der Waals surface area (Å²) in [6.45, 7) is 0.